The van der Waals surface area contributed by atoms with E-state index in [0.29, 0.717) is 22.6 Å². The van der Waals surface area contributed by atoms with Crippen molar-refractivity contribution in [1.82, 2.24) is 10.2 Å². The van der Waals surface area contributed by atoms with E-state index in [9.17, 15) is 0 Å². The minimum atomic E-state index is -0.365. The van der Waals surface area contributed by atoms with Gasteiger partial charge in [-0.3, -0.25) is 0 Å². The van der Waals surface area contributed by atoms with Crippen molar-refractivity contribution in [3.05, 3.63) is 52.7 Å². The summed E-state index contributed by atoms with van der Waals surface area (Å²) in [6, 6.07) is 11.2. The highest BCUT2D eigenvalue weighted by molar-refractivity contribution is 7.13. The number of nitrogens with zero attached hydrogens (tertiary/aromatic N) is 2. The quantitative estimate of drug-likeness (QED) is 0.707. The Kier molecular flexibility index (Phi) is 3.71. The van der Waals surface area contributed by atoms with Crippen LogP contribution in [0.25, 0.3) is 10.8 Å². The minimum absolute atomic E-state index is 0.365. The van der Waals surface area contributed by atoms with Crippen LogP contribution in [0.3, 0.4) is 0 Å². The number of thiophene rings is 1. The smallest absolute Gasteiger partial charge is 0.257 e. The second-order valence-corrected chi connectivity index (χ2v) is 5.47. The molecule has 0 fully saturated rings. The predicted octanol–water partition coefficient (Wildman–Crippen LogP) is 4.59. The third-order valence-corrected chi connectivity index (χ3v) is 3.83. The third-order valence-electron chi connectivity index (χ3n) is 2.66. The molecule has 0 saturated carbocycles. The van der Waals surface area contributed by atoms with Gasteiger partial charge in [0.05, 0.1) is 9.90 Å². The highest BCUT2D eigenvalue weighted by Gasteiger charge is 2.17. The third kappa shape index (κ3) is 2.69. The number of hydrogen-bond acceptors (Lipinski definition) is 5. The Morgan fingerprint density at radius 1 is 1.20 bits per heavy atom. The summed E-state index contributed by atoms with van der Waals surface area (Å²) in [7, 11) is 0. The lowest BCUT2D eigenvalue weighted by atomic mass is 10.3. The molecule has 20 heavy (non-hydrogen) atoms. The first-order chi connectivity index (χ1) is 9.74. The molecule has 3 rings (SSSR count). The summed E-state index contributed by atoms with van der Waals surface area (Å²) in [5.74, 6) is 1.52. The molecule has 0 radical (unpaired) electrons. The lowest BCUT2D eigenvalue weighted by molar-refractivity contribution is 0.190. The average molecular weight is 307 g/mol. The molecule has 0 spiro atoms. The van der Waals surface area contributed by atoms with E-state index in [1.165, 1.54) is 0 Å². The van der Waals surface area contributed by atoms with Gasteiger partial charge in [0.15, 0.2) is 6.10 Å². The van der Waals surface area contributed by atoms with E-state index < -0.39 is 0 Å². The maximum atomic E-state index is 6.05. The van der Waals surface area contributed by atoms with Crippen molar-refractivity contribution in [2.45, 2.75) is 13.0 Å². The molecule has 1 aromatic carbocycles. The zero-order valence-electron chi connectivity index (χ0n) is 10.6. The normalized spacial score (nSPS) is 12.3. The number of halogens is 1. The summed E-state index contributed by atoms with van der Waals surface area (Å²) in [4.78, 5) is 0.939. The SMILES string of the molecule is C[C@H](Oc1ccccc1Cl)c1nnc(-c2cccs2)o1. The summed E-state index contributed by atoms with van der Waals surface area (Å²) >= 11 is 7.60. The van der Waals surface area contributed by atoms with Gasteiger partial charge < -0.3 is 9.15 Å². The van der Waals surface area contributed by atoms with Crippen molar-refractivity contribution in [3.63, 3.8) is 0 Å². The largest absolute Gasteiger partial charge is 0.479 e. The standard InChI is InChI=1S/C14H11ClN2O2S/c1-9(18-11-6-3-2-5-10(11)15)13-16-17-14(19-13)12-7-4-8-20-12/h2-9H,1H3/t9-/m0/s1. The van der Waals surface area contributed by atoms with Gasteiger partial charge in [0.1, 0.15) is 5.75 Å². The number of para-hydroxylation sites is 1. The van der Waals surface area contributed by atoms with Crippen LogP contribution in [0.5, 0.6) is 5.75 Å². The number of aromatic nitrogens is 2. The molecule has 3 aromatic rings. The number of hydrogen-bond donors (Lipinski definition) is 0. The van der Waals surface area contributed by atoms with Gasteiger partial charge in [-0.2, -0.15) is 0 Å². The maximum Gasteiger partial charge on any atom is 0.257 e. The molecule has 1 atom stereocenters. The summed E-state index contributed by atoms with van der Waals surface area (Å²) in [6.07, 6.45) is -0.365. The van der Waals surface area contributed by atoms with Crippen LogP contribution < -0.4 is 4.74 Å². The molecule has 0 aliphatic heterocycles. The lowest BCUT2D eigenvalue weighted by Crippen LogP contribution is -2.03. The zero-order valence-corrected chi connectivity index (χ0v) is 12.2. The molecule has 0 aliphatic carbocycles. The fourth-order valence-corrected chi connectivity index (χ4v) is 2.50. The van der Waals surface area contributed by atoms with E-state index in [2.05, 4.69) is 10.2 Å². The van der Waals surface area contributed by atoms with Crippen LogP contribution in [0.15, 0.2) is 46.2 Å². The molecule has 0 amide bonds. The highest BCUT2D eigenvalue weighted by atomic mass is 35.5. The van der Waals surface area contributed by atoms with Crippen LogP contribution in [0.1, 0.15) is 18.9 Å². The van der Waals surface area contributed by atoms with Gasteiger partial charge in [0.25, 0.3) is 11.8 Å². The average Bonchev–Trinajstić information content (AvgIpc) is 3.11. The van der Waals surface area contributed by atoms with E-state index in [1.807, 2.05) is 36.6 Å². The van der Waals surface area contributed by atoms with Gasteiger partial charge in [-0.25, -0.2) is 0 Å². The molecule has 0 unspecified atom stereocenters. The van der Waals surface area contributed by atoms with Crippen LogP contribution in [-0.4, -0.2) is 10.2 Å². The van der Waals surface area contributed by atoms with E-state index in [1.54, 1.807) is 23.5 Å². The molecular formula is C14H11ClN2O2S. The minimum Gasteiger partial charge on any atom is -0.479 e. The van der Waals surface area contributed by atoms with Crippen molar-refractivity contribution < 1.29 is 9.15 Å². The summed E-state index contributed by atoms with van der Waals surface area (Å²) in [5, 5.41) is 10.6. The van der Waals surface area contributed by atoms with E-state index in [4.69, 9.17) is 20.8 Å². The van der Waals surface area contributed by atoms with Crippen molar-refractivity contribution >= 4 is 22.9 Å². The fraction of sp³-hybridized carbons (Fsp3) is 0.143. The van der Waals surface area contributed by atoms with Crippen LogP contribution in [-0.2, 0) is 0 Å². The van der Waals surface area contributed by atoms with Crippen LogP contribution in [0.2, 0.25) is 5.02 Å². The highest BCUT2D eigenvalue weighted by Crippen LogP contribution is 2.30. The molecule has 2 aromatic heterocycles. The second kappa shape index (κ2) is 5.64. The molecule has 2 heterocycles. The first-order valence-corrected chi connectivity index (χ1v) is 7.28. The molecule has 0 aliphatic rings. The van der Waals surface area contributed by atoms with Gasteiger partial charge in [0.2, 0.25) is 0 Å². The zero-order chi connectivity index (χ0) is 13.9. The Hall–Kier alpha value is -1.85. The summed E-state index contributed by atoms with van der Waals surface area (Å²) in [5.41, 5.74) is 0. The lowest BCUT2D eigenvalue weighted by Gasteiger charge is -2.11. The number of rotatable bonds is 4. The first kappa shape index (κ1) is 13.1. The Morgan fingerprint density at radius 3 is 2.80 bits per heavy atom. The molecule has 6 heteroatoms. The van der Waals surface area contributed by atoms with Crippen molar-refractivity contribution in [1.29, 1.82) is 0 Å². The monoisotopic (exact) mass is 306 g/mol. The van der Waals surface area contributed by atoms with Crippen molar-refractivity contribution in [2.75, 3.05) is 0 Å². The second-order valence-electron chi connectivity index (χ2n) is 4.11. The Labute approximate surface area is 125 Å². The van der Waals surface area contributed by atoms with Gasteiger partial charge >= 0.3 is 0 Å². The van der Waals surface area contributed by atoms with E-state index in [0.717, 1.165) is 4.88 Å². The van der Waals surface area contributed by atoms with Crippen LogP contribution in [0, 0.1) is 0 Å². The predicted molar refractivity (Wildman–Crippen MR) is 78.1 cm³/mol. The Morgan fingerprint density at radius 2 is 2.05 bits per heavy atom. The first-order valence-electron chi connectivity index (χ1n) is 6.02. The van der Waals surface area contributed by atoms with Crippen LogP contribution >= 0.6 is 22.9 Å². The topological polar surface area (TPSA) is 48.2 Å². The maximum absolute atomic E-state index is 6.05. The van der Waals surface area contributed by atoms with Crippen molar-refractivity contribution in [2.24, 2.45) is 0 Å². The molecule has 102 valence electrons. The Balaban J connectivity index is 1.78. The summed E-state index contributed by atoms with van der Waals surface area (Å²) < 4.78 is 11.4. The van der Waals surface area contributed by atoms with Gasteiger partial charge in [-0.1, -0.05) is 29.8 Å². The summed E-state index contributed by atoms with van der Waals surface area (Å²) in [6.45, 7) is 1.84. The van der Waals surface area contributed by atoms with E-state index >= 15 is 0 Å². The molecule has 4 nitrogen and oxygen atoms in total. The van der Waals surface area contributed by atoms with Gasteiger partial charge in [0, 0.05) is 0 Å². The van der Waals surface area contributed by atoms with Gasteiger partial charge in [-0.05, 0) is 30.5 Å². The van der Waals surface area contributed by atoms with E-state index in [-0.39, 0.29) is 6.10 Å². The molecule has 0 N–H and O–H groups in total. The molecule has 0 saturated heterocycles. The number of benzene rings is 1. The molecule has 0 bridgehead atoms. The fourth-order valence-electron chi connectivity index (χ4n) is 1.68. The van der Waals surface area contributed by atoms with Gasteiger partial charge in [-0.15, -0.1) is 21.5 Å². The molecular weight excluding hydrogens is 296 g/mol. The number of ether oxygens (including phenoxy) is 1. The van der Waals surface area contributed by atoms with Crippen molar-refractivity contribution in [3.8, 4) is 16.5 Å². The van der Waals surface area contributed by atoms with Crippen LogP contribution in [0.4, 0.5) is 0 Å². The Bertz CT molecular complexity index is 697.